The summed E-state index contributed by atoms with van der Waals surface area (Å²) < 4.78 is 5.69. The highest BCUT2D eigenvalue weighted by atomic mass is 16.3. The number of likely N-dealkylation sites (tertiary alicyclic amines) is 2. The Hall–Kier alpha value is -4.74. The lowest BCUT2D eigenvalue weighted by molar-refractivity contribution is -0.141. The van der Waals surface area contributed by atoms with E-state index in [9.17, 15) is 19.2 Å². The summed E-state index contributed by atoms with van der Waals surface area (Å²) in [4.78, 5) is 66.4. The summed E-state index contributed by atoms with van der Waals surface area (Å²) in [5.74, 6) is -0.200. The summed E-state index contributed by atoms with van der Waals surface area (Å²) in [7, 11) is 3.25. The maximum atomic E-state index is 13.8. The molecule has 2 fully saturated rings. The van der Waals surface area contributed by atoms with Crippen LogP contribution in [0.15, 0.2) is 52.0 Å². The number of hydrogen-bond donors (Lipinski definition) is 2. The molecule has 1 aromatic carbocycles. The maximum Gasteiger partial charge on any atom is 0.271 e. The number of hydrogen-bond acceptors (Lipinski definition) is 7. The van der Waals surface area contributed by atoms with Gasteiger partial charge in [-0.05, 0) is 81.8 Å². The first-order chi connectivity index (χ1) is 21.6. The number of carbonyl (C=O) groups is 4. The molecular formula is C33H41N7O5. The number of nitrogens with one attached hydrogen (secondary N) is 2. The van der Waals surface area contributed by atoms with Gasteiger partial charge in [0, 0.05) is 50.5 Å². The Morgan fingerprint density at radius 1 is 1.07 bits per heavy atom. The third-order valence-corrected chi connectivity index (χ3v) is 8.32. The molecule has 5 rings (SSSR count). The van der Waals surface area contributed by atoms with Gasteiger partial charge in [0.05, 0.1) is 12.1 Å². The number of carbonyl (C=O) groups excluding carboxylic acids is 4. The van der Waals surface area contributed by atoms with Crippen molar-refractivity contribution in [2.75, 3.05) is 39.0 Å². The van der Waals surface area contributed by atoms with Crippen LogP contribution in [-0.2, 0) is 9.59 Å². The van der Waals surface area contributed by atoms with E-state index in [0.717, 1.165) is 55.4 Å². The third-order valence-electron chi connectivity index (χ3n) is 8.32. The second-order valence-electron chi connectivity index (χ2n) is 11.9. The molecule has 2 unspecified atom stereocenters. The van der Waals surface area contributed by atoms with E-state index in [1.807, 2.05) is 30.0 Å². The van der Waals surface area contributed by atoms with Gasteiger partial charge in [0.15, 0.2) is 0 Å². The van der Waals surface area contributed by atoms with E-state index in [0.29, 0.717) is 18.7 Å². The fourth-order valence-corrected chi connectivity index (χ4v) is 5.91. The first-order valence-electron chi connectivity index (χ1n) is 15.5. The zero-order valence-electron chi connectivity index (χ0n) is 26.3. The van der Waals surface area contributed by atoms with Gasteiger partial charge in [-0.3, -0.25) is 29.5 Å². The number of amides is 4. The molecule has 0 bridgehead atoms. The molecular weight excluding hydrogens is 574 g/mol. The van der Waals surface area contributed by atoms with E-state index < -0.39 is 11.9 Å². The van der Waals surface area contributed by atoms with Crippen LogP contribution < -0.4 is 10.6 Å². The van der Waals surface area contributed by atoms with Gasteiger partial charge in [0.2, 0.25) is 17.8 Å². The van der Waals surface area contributed by atoms with E-state index in [4.69, 9.17) is 9.41 Å². The highest BCUT2D eigenvalue weighted by Crippen LogP contribution is 2.24. The van der Waals surface area contributed by atoms with Gasteiger partial charge in [0.1, 0.15) is 23.1 Å². The van der Waals surface area contributed by atoms with Crippen LogP contribution in [0.5, 0.6) is 0 Å². The number of aryl methyl sites for hydroxylation is 1. The van der Waals surface area contributed by atoms with Crippen LogP contribution in [0, 0.1) is 6.92 Å². The average Bonchev–Trinajstić information content (AvgIpc) is 3.62. The molecule has 0 saturated carbocycles. The molecule has 12 nitrogen and oxygen atoms in total. The van der Waals surface area contributed by atoms with Gasteiger partial charge >= 0.3 is 0 Å². The predicted octanol–water partition coefficient (Wildman–Crippen LogP) is 3.82. The number of fused-ring (bicyclic) bond motifs is 1. The van der Waals surface area contributed by atoms with Crippen molar-refractivity contribution in [3.05, 3.63) is 59.6 Å². The van der Waals surface area contributed by atoms with Gasteiger partial charge in [-0.1, -0.05) is 6.92 Å². The summed E-state index contributed by atoms with van der Waals surface area (Å²) in [5, 5.41) is 6.85. The smallest absolute Gasteiger partial charge is 0.271 e. The zero-order valence-corrected chi connectivity index (χ0v) is 26.3. The summed E-state index contributed by atoms with van der Waals surface area (Å²) in [6.07, 6.45) is 6.19. The molecule has 238 valence electrons. The number of furan rings is 1. The van der Waals surface area contributed by atoms with E-state index in [-0.39, 0.29) is 47.5 Å². The first kappa shape index (κ1) is 31.7. The Morgan fingerprint density at radius 3 is 2.62 bits per heavy atom. The summed E-state index contributed by atoms with van der Waals surface area (Å²) in [5.41, 5.74) is 1.79. The standard InChI is InChI=1S/C33H41N7O5/c1-5-25-9-8-16-40(25)29(41)20-39-15-7-6-10-27(32(39)44)36-33(35-24-12-14-28-23(18-24)17-21(2)45-28)37-30(42)22-11-13-26(34-19-22)31(43)38(3)4/h11-14,17-19,25,27H,5-10,15-16,20H2,1-4H3,(H2,35,36,37,42). The highest BCUT2D eigenvalue weighted by molar-refractivity contribution is 6.11. The van der Waals surface area contributed by atoms with Crippen molar-refractivity contribution in [1.82, 2.24) is 25.0 Å². The molecule has 3 aromatic rings. The van der Waals surface area contributed by atoms with Gasteiger partial charge in [-0.15, -0.1) is 0 Å². The van der Waals surface area contributed by atoms with Gasteiger partial charge < -0.3 is 24.4 Å². The molecule has 0 spiro atoms. The molecule has 0 radical (unpaired) electrons. The Labute approximate surface area is 262 Å². The number of pyridine rings is 1. The molecule has 2 aromatic heterocycles. The predicted molar refractivity (Wildman–Crippen MR) is 171 cm³/mol. The lowest BCUT2D eigenvalue weighted by atomic mass is 10.1. The zero-order chi connectivity index (χ0) is 32.1. The lowest BCUT2D eigenvalue weighted by Gasteiger charge is -2.28. The van der Waals surface area contributed by atoms with Crippen molar-refractivity contribution in [2.24, 2.45) is 4.99 Å². The number of anilines is 1. The minimum Gasteiger partial charge on any atom is -0.461 e. The maximum absolute atomic E-state index is 13.8. The second kappa shape index (κ2) is 13.9. The van der Waals surface area contributed by atoms with Crippen LogP contribution in [0.4, 0.5) is 5.69 Å². The molecule has 2 saturated heterocycles. The van der Waals surface area contributed by atoms with Crippen molar-refractivity contribution < 1.29 is 23.6 Å². The fourth-order valence-electron chi connectivity index (χ4n) is 5.91. The van der Waals surface area contributed by atoms with E-state index in [1.54, 1.807) is 25.1 Å². The summed E-state index contributed by atoms with van der Waals surface area (Å²) in [6.45, 7) is 5.18. The third kappa shape index (κ3) is 7.50. The molecule has 2 aliphatic rings. The van der Waals surface area contributed by atoms with Crippen molar-refractivity contribution in [1.29, 1.82) is 0 Å². The van der Waals surface area contributed by atoms with Crippen molar-refractivity contribution in [3.8, 4) is 0 Å². The number of aromatic nitrogens is 1. The molecule has 2 aliphatic heterocycles. The first-order valence-corrected chi connectivity index (χ1v) is 15.5. The monoisotopic (exact) mass is 615 g/mol. The van der Waals surface area contributed by atoms with Crippen LogP contribution in [0.3, 0.4) is 0 Å². The Balaban J connectivity index is 1.39. The van der Waals surface area contributed by atoms with Gasteiger partial charge in [0.25, 0.3) is 11.8 Å². The van der Waals surface area contributed by atoms with Crippen molar-refractivity contribution in [2.45, 2.75) is 64.5 Å². The molecule has 45 heavy (non-hydrogen) atoms. The molecule has 2 atom stereocenters. The van der Waals surface area contributed by atoms with E-state index >= 15 is 0 Å². The van der Waals surface area contributed by atoms with Gasteiger partial charge in [-0.2, -0.15) is 0 Å². The van der Waals surface area contributed by atoms with Crippen LogP contribution in [0.1, 0.15) is 72.1 Å². The van der Waals surface area contributed by atoms with E-state index in [1.165, 1.54) is 23.2 Å². The van der Waals surface area contributed by atoms with Crippen molar-refractivity contribution in [3.63, 3.8) is 0 Å². The van der Waals surface area contributed by atoms with Gasteiger partial charge in [-0.25, -0.2) is 4.99 Å². The molecule has 2 N–H and O–H groups in total. The molecule has 0 aliphatic carbocycles. The van der Waals surface area contributed by atoms with Crippen LogP contribution in [0.25, 0.3) is 11.0 Å². The quantitative estimate of drug-likeness (QED) is 0.304. The average molecular weight is 616 g/mol. The van der Waals surface area contributed by atoms with Crippen LogP contribution in [0.2, 0.25) is 0 Å². The molecule has 12 heteroatoms. The highest BCUT2D eigenvalue weighted by Gasteiger charge is 2.33. The Bertz CT molecular complexity index is 1600. The van der Waals surface area contributed by atoms with Crippen molar-refractivity contribution >= 4 is 46.2 Å². The SMILES string of the molecule is CCC1CCCN1C(=O)CN1CCCCC(N=C(NC(=O)c2ccc(C(=O)N(C)C)nc2)Nc2ccc3oc(C)cc3c2)C1=O. The minimum absolute atomic E-state index is 0.0245. The minimum atomic E-state index is -0.790. The number of rotatable bonds is 7. The number of guanidine groups is 1. The van der Waals surface area contributed by atoms with Crippen LogP contribution in [-0.4, -0.2) is 95.1 Å². The lowest BCUT2D eigenvalue weighted by Crippen LogP contribution is -2.47. The van der Waals surface area contributed by atoms with Crippen LogP contribution >= 0.6 is 0 Å². The summed E-state index contributed by atoms with van der Waals surface area (Å²) >= 11 is 0. The molecule has 4 amide bonds. The Morgan fingerprint density at radius 2 is 1.89 bits per heavy atom. The number of benzene rings is 1. The normalized spacial score (nSPS) is 19.0. The largest absolute Gasteiger partial charge is 0.461 e. The number of nitrogens with zero attached hydrogens (tertiary/aromatic N) is 5. The fraction of sp³-hybridized carbons (Fsp3) is 0.455. The topological polar surface area (TPSA) is 140 Å². The Kier molecular flexibility index (Phi) is 9.80. The number of aliphatic imine (C=N–C) groups is 1. The van der Waals surface area contributed by atoms with E-state index in [2.05, 4.69) is 22.5 Å². The second-order valence-corrected chi connectivity index (χ2v) is 11.9. The molecule has 4 heterocycles. The summed E-state index contributed by atoms with van der Waals surface area (Å²) in [6, 6.07) is 9.84.